The Morgan fingerprint density at radius 2 is 1.58 bits per heavy atom. The largest absolute Gasteiger partial charge is 0.496 e. The number of nitrogens with one attached hydrogen (secondary N) is 2. The lowest BCUT2D eigenvalue weighted by Crippen LogP contribution is -2.48. The van der Waals surface area contributed by atoms with Crippen molar-refractivity contribution in [3.8, 4) is 21.9 Å². The minimum Gasteiger partial charge on any atom is -0.496 e. The fraction of sp³-hybridized carbons (Fsp3) is 0.429. The minimum absolute atomic E-state index is 0.0231. The van der Waals surface area contributed by atoms with Gasteiger partial charge in [-0.25, -0.2) is 4.79 Å². The maximum atomic E-state index is 13.5. The molecule has 60 heavy (non-hydrogen) atoms. The zero-order chi connectivity index (χ0) is 43.1. The second-order valence-electron chi connectivity index (χ2n) is 18.4. The van der Waals surface area contributed by atoms with Gasteiger partial charge in [0, 0.05) is 33.8 Å². The summed E-state index contributed by atoms with van der Waals surface area (Å²) in [4.78, 5) is 30.0. The first-order valence-corrected chi connectivity index (χ1v) is 24.8. The van der Waals surface area contributed by atoms with Crippen LogP contribution in [0.4, 0.5) is 10.5 Å². The summed E-state index contributed by atoms with van der Waals surface area (Å²) in [6.07, 6.45) is 2.68. The number of amides is 2. The summed E-state index contributed by atoms with van der Waals surface area (Å²) in [6, 6.07) is 30.7. The van der Waals surface area contributed by atoms with Crippen molar-refractivity contribution >= 4 is 47.4 Å². The van der Waals surface area contributed by atoms with Crippen molar-refractivity contribution in [2.45, 2.75) is 110 Å². The van der Waals surface area contributed by atoms with Crippen molar-refractivity contribution in [3.63, 3.8) is 0 Å². The Hall–Kier alpha value is -4.68. The van der Waals surface area contributed by atoms with E-state index in [0.29, 0.717) is 12.3 Å². The lowest BCUT2D eigenvalue weighted by Gasteiger charge is -2.37. The molecule has 0 saturated carbocycles. The fourth-order valence-electron chi connectivity index (χ4n) is 7.08. The van der Waals surface area contributed by atoms with Crippen LogP contribution in [0.5, 0.6) is 11.5 Å². The number of hydrogen-bond acceptors (Lipinski definition) is 8. The number of likely N-dealkylation sites (tertiary alicyclic amines) is 1. The molecule has 0 unspecified atom stereocenters. The van der Waals surface area contributed by atoms with Crippen LogP contribution in [0, 0.1) is 0 Å². The maximum Gasteiger partial charge on any atom is 0.407 e. The summed E-state index contributed by atoms with van der Waals surface area (Å²) in [6.45, 7) is 20.1. The Morgan fingerprint density at radius 1 is 0.867 bits per heavy atom. The van der Waals surface area contributed by atoms with Crippen molar-refractivity contribution in [2.75, 3.05) is 32.1 Å². The van der Waals surface area contributed by atoms with E-state index < -0.39 is 26.1 Å². The van der Waals surface area contributed by atoms with Gasteiger partial charge in [-0.1, -0.05) is 75.4 Å². The number of methoxy groups -OCH3 is 1. The van der Waals surface area contributed by atoms with E-state index in [1.165, 1.54) is 34.9 Å². The number of carbonyl (C=O) groups is 2. The summed E-state index contributed by atoms with van der Waals surface area (Å²) < 4.78 is 25.3. The highest BCUT2D eigenvalue weighted by Crippen LogP contribution is 2.42. The van der Waals surface area contributed by atoms with Gasteiger partial charge in [0.2, 0.25) is 5.91 Å². The Balaban J connectivity index is 1.23. The lowest BCUT2D eigenvalue weighted by molar-refractivity contribution is -0.116. The number of nitrogens with zero attached hydrogens (tertiary/aromatic N) is 1. The SMILES string of the molecule is COc1cc(Cc2c(-c3ccc(NC(=O)C[C@H](CO[Si](C)(C)C(C)(C)C)NC(=O)OC(C)(C)C)cc3)sc3cc(OCc4ccccc4)ccc23)ccc1CN1CCCC1. The minimum atomic E-state index is -2.15. The number of alkyl carbamates (subject to hydrolysis) is 1. The quantitative estimate of drug-likeness (QED) is 0.0954. The van der Waals surface area contributed by atoms with Gasteiger partial charge in [0.05, 0.1) is 19.8 Å². The van der Waals surface area contributed by atoms with Gasteiger partial charge >= 0.3 is 6.09 Å². The third-order valence-corrected chi connectivity index (χ3v) is 17.1. The van der Waals surface area contributed by atoms with E-state index in [2.05, 4.69) is 110 Å². The molecule has 320 valence electrons. The molecule has 1 aliphatic heterocycles. The zero-order valence-electron chi connectivity index (χ0n) is 36.9. The van der Waals surface area contributed by atoms with E-state index in [1.807, 2.05) is 51.1 Å². The molecule has 0 bridgehead atoms. The Morgan fingerprint density at radius 3 is 2.25 bits per heavy atom. The molecule has 0 aliphatic carbocycles. The van der Waals surface area contributed by atoms with Gasteiger partial charge < -0.3 is 29.3 Å². The predicted octanol–water partition coefficient (Wildman–Crippen LogP) is 11.6. The summed E-state index contributed by atoms with van der Waals surface area (Å²) in [5, 5.41) is 7.10. The van der Waals surface area contributed by atoms with E-state index in [4.69, 9.17) is 18.6 Å². The third-order valence-electron chi connectivity index (χ3n) is 11.4. The molecule has 2 heterocycles. The highest BCUT2D eigenvalue weighted by molar-refractivity contribution is 7.22. The van der Waals surface area contributed by atoms with Crippen LogP contribution >= 0.6 is 11.3 Å². The predicted molar refractivity (Wildman–Crippen MR) is 248 cm³/mol. The smallest absolute Gasteiger partial charge is 0.407 e. The number of benzene rings is 4. The van der Waals surface area contributed by atoms with Crippen molar-refractivity contribution < 1.29 is 28.2 Å². The van der Waals surface area contributed by atoms with Gasteiger partial charge in [-0.3, -0.25) is 9.69 Å². The first-order chi connectivity index (χ1) is 28.5. The first kappa shape index (κ1) is 44.9. The molecule has 2 N–H and O–H groups in total. The van der Waals surface area contributed by atoms with Crippen LogP contribution in [0.25, 0.3) is 20.5 Å². The third kappa shape index (κ3) is 12.2. The summed E-state index contributed by atoms with van der Waals surface area (Å²) in [5.74, 6) is 1.52. The van der Waals surface area contributed by atoms with Gasteiger partial charge in [0.1, 0.15) is 23.7 Å². The molecule has 1 aromatic heterocycles. The van der Waals surface area contributed by atoms with Crippen LogP contribution in [-0.2, 0) is 33.5 Å². The molecule has 1 saturated heterocycles. The molecule has 1 fully saturated rings. The van der Waals surface area contributed by atoms with Crippen molar-refractivity contribution in [3.05, 3.63) is 113 Å². The monoisotopic (exact) mass is 849 g/mol. The van der Waals surface area contributed by atoms with Gasteiger partial charge in [0.25, 0.3) is 0 Å². The molecule has 0 spiro atoms. The molecular weight excluding hydrogens is 787 g/mol. The van der Waals surface area contributed by atoms with E-state index in [-0.39, 0.29) is 24.0 Å². The van der Waals surface area contributed by atoms with Gasteiger partial charge in [-0.05, 0) is 135 Å². The van der Waals surface area contributed by atoms with E-state index >= 15 is 0 Å². The number of ether oxygens (including phenoxy) is 3. The summed E-state index contributed by atoms with van der Waals surface area (Å²) >= 11 is 1.75. The van der Waals surface area contributed by atoms with Gasteiger partial charge in [-0.15, -0.1) is 11.3 Å². The van der Waals surface area contributed by atoms with Crippen LogP contribution in [0.1, 0.15) is 83.1 Å². The summed E-state index contributed by atoms with van der Waals surface area (Å²) in [7, 11) is -0.386. The number of thiophene rings is 1. The Kier molecular flexibility index (Phi) is 14.5. The number of carbonyl (C=O) groups excluding carboxylic acids is 2. The highest BCUT2D eigenvalue weighted by Gasteiger charge is 2.38. The van der Waals surface area contributed by atoms with Gasteiger partial charge in [-0.2, -0.15) is 0 Å². The molecule has 4 aromatic carbocycles. The van der Waals surface area contributed by atoms with Crippen molar-refractivity contribution in [1.82, 2.24) is 10.2 Å². The molecule has 1 atom stereocenters. The first-order valence-electron chi connectivity index (χ1n) is 21.1. The Bertz CT molecular complexity index is 2220. The molecular formula is C49H63N3O6SSi. The molecule has 11 heteroatoms. The zero-order valence-corrected chi connectivity index (χ0v) is 38.7. The Labute approximate surface area is 361 Å². The van der Waals surface area contributed by atoms with Crippen molar-refractivity contribution in [1.29, 1.82) is 0 Å². The van der Waals surface area contributed by atoms with Crippen LogP contribution in [0.2, 0.25) is 18.1 Å². The maximum absolute atomic E-state index is 13.5. The molecule has 5 aromatic rings. The number of fused-ring (bicyclic) bond motifs is 1. The van der Waals surface area contributed by atoms with E-state index in [9.17, 15) is 9.59 Å². The highest BCUT2D eigenvalue weighted by atomic mass is 32.1. The van der Waals surface area contributed by atoms with Crippen LogP contribution in [-0.4, -0.2) is 63.7 Å². The normalized spacial score (nSPS) is 14.2. The molecule has 2 amide bonds. The van der Waals surface area contributed by atoms with Crippen molar-refractivity contribution in [2.24, 2.45) is 0 Å². The molecule has 0 radical (unpaired) electrons. The lowest BCUT2D eigenvalue weighted by atomic mass is 9.97. The van der Waals surface area contributed by atoms with E-state index in [1.54, 1.807) is 18.4 Å². The molecule has 6 rings (SSSR count). The average Bonchev–Trinajstić information content (AvgIpc) is 3.84. The molecule has 9 nitrogen and oxygen atoms in total. The standard InChI is InChI=1S/C49H63N3O6SSi/c1-48(2,3)58-47(54)51-39(33-57-60(8,9)49(4,5)6)29-45(53)50-38-21-19-36(20-22-38)46-42(27-35-17-18-37(43(28-35)55-7)31-52-25-13-14-26-52)41-24-23-40(30-44(41)59-46)56-32-34-15-11-10-12-16-34/h10-12,15-24,28,30,39H,13-14,25-27,29,31-33H2,1-9H3,(H,50,53)(H,51,54)/t39-/m1/s1. The number of hydrogen-bond donors (Lipinski definition) is 2. The second kappa shape index (κ2) is 19.4. The fourth-order valence-corrected chi connectivity index (χ4v) is 9.38. The van der Waals surface area contributed by atoms with Crippen LogP contribution in [0.15, 0.2) is 91.0 Å². The van der Waals surface area contributed by atoms with E-state index in [0.717, 1.165) is 58.3 Å². The average molecular weight is 850 g/mol. The topological polar surface area (TPSA) is 98.4 Å². The summed E-state index contributed by atoms with van der Waals surface area (Å²) in [5.41, 5.74) is 5.80. The van der Waals surface area contributed by atoms with Gasteiger partial charge in [0.15, 0.2) is 8.32 Å². The van der Waals surface area contributed by atoms with Crippen LogP contribution < -0.4 is 20.1 Å². The second-order valence-corrected chi connectivity index (χ2v) is 24.3. The number of rotatable bonds is 16. The molecule has 1 aliphatic rings. The number of anilines is 1. The van der Waals surface area contributed by atoms with Crippen LogP contribution in [0.3, 0.4) is 0 Å².